The molecule has 0 bridgehead atoms. The van der Waals surface area contributed by atoms with Gasteiger partial charge in [0.05, 0.1) is 11.1 Å². The Morgan fingerprint density at radius 3 is 2.26 bits per heavy atom. The number of carbonyl (C=O) groups excluding carboxylic acids is 1. The van der Waals surface area contributed by atoms with E-state index >= 15 is 0 Å². The van der Waals surface area contributed by atoms with E-state index in [2.05, 4.69) is 0 Å². The summed E-state index contributed by atoms with van der Waals surface area (Å²) < 4.78 is 14.1. The van der Waals surface area contributed by atoms with E-state index in [1.165, 1.54) is 44.2 Å². The van der Waals surface area contributed by atoms with Crippen LogP contribution in [0.2, 0.25) is 0 Å². The third kappa shape index (κ3) is 3.23. The van der Waals surface area contributed by atoms with Crippen molar-refractivity contribution in [2.45, 2.75) is 44.9 Å². The fourth-order valence-electron chi connectivity index (χ4n) is 3.98. The van der Waals surface area contributed by atoms with Gasteiger partial charge < -0.3 is 10.0 Å². The molecule has 0 aromatic heterocycles. The number of amides is 1. The molecule has 1 N–H and O–H groups in total. The van der Waals surface area contributed by atoms with Crippen molar-refractivity contribution in [3.63, 3.8) is 0 Å². The minimum Gasteiger partial charge on any atom is -0.478 e. The Hall–Kier alpha value is -1.91. The van der Waals surface area contributed by atoms with E-state index in [0.29, 0.717) is 18.5 Å². The first-order valence-electron chi connectivity index (χ1n) is 8.33. The van der Waals surface area contributed by atoms with Crippen LogP contribution in [-0.2, 0) is 0 Å². The van der Waals surface area contributed by atoms with Gasteiger partial charge in [0.1, 0.15) is 5.82 Å². The van der Waals surface area contributed by atoms with E-state index in [9.17, 15) is 14.0 Å². The lowest BCUT2D eigenvalue weighted by molar-refractivity contribution is 0.0467. The van der Waals surface area contributed by atoms with Crippen molar-refractivity contribution in [2.24, 2.45) is 5.41 Å². The van der Waals surface area contributed by atoms with Crippen molar-refractivity contribution < 1.29 is 19.1 Å². The van der Waals surface area contributed by atoms with Gasteiger partial charge in [0.2, 0.25) is 0 Å². The summed E-state index contributed by atoms with van der Waals surface area (Å²) in [5.41, 5.74) is 0.217. The Morgan fingerprint density at radius 2 is 1.70 bits per heavy atom. The summed E-state index contributed by atoms with van der Waals surface area (Å²) in [6.07, 6.45) is 8.35. The molecule has 1 saturated carbocycles. The molecule has 2 fully saturated rings. The van der Waals surface area contributed by atoms with E-state index in [1.54, 1.807) is 4.90 Å². The summed E-state index contributed by atoms with van der Waals surface area (Å²) in [5, 5.41) is 8.87. The van der Waals surface area contributed by atoms with Crippen LogP contribution in [0.4, 0.5) is 4.39 Å². The maximum Gasteiger partial charge on any atom is 0.335 e. The number of carbonyl (C=O) groups is 2. The zero-order valence-electron chi connectivity index (χ0n) is 13.2. The average Bonchev–Trinajstić information content (AvgIpc) is 2.55. The minimum absolute atomic E-state index is 0.0328. The molecule has 1 aromatic carbocycles. The van der Waals surface area contributed by atoms with Crippen LogP contribution < -0.4 is 0 Å². The molecule has 0 atom stereocenters. The van der Waals surface area contributed by atoms with Gasteiger partial charge in [-0.15, -0.1) is 0 Å². The quantitative estimate of drug-likeness (QED) is 0.904. The number of halogens is 1. The van der Waals surface area contributed by atoms with Gasteiger partial charge in [0.15, 0.2) is 0 Å². The lowest BCUT2D eigenvalue weighted by atomic mass is 9.68. The predicted molar refractivity (Wildman–Crippen MR) is 84.0 cm³/mol. The minimum atomic E-state index is -1.19. The summed E-state index contributed by atoms with van der Waals surface area (Å²) in [6, 6.07) is 3.49. The fourth-order valence-corrected chi connectivity index (χ4v) is 3.98. The first-order valence-corrected chi connectivity index (χ1v) is 8.33. The molecule has 1 amide bonds. The van der Waals surface area contributed by atoms with Crippen molar-refractivity contribution in [1.29, 1.82) is 0 Å². The van der Waals surface area contributed by atoms with E-state index < -0.39 is 11.8 Å². The second-order valence-electron chi connectivity index (χ2n) is 6.85. The van der Waals surface area contributed by atoms with E-state index in [0.717, 1.165) is 18.9 Å². The van der Waals surface area contributed by atoms with Crippen LogP contribution in [0, 0.1) is 11.2 Å². The lowest BCUT2D eigenvalue weighted by Crippen LogP contribution is -2.44. The molecule has 124 valence electrons. The second-order valence-corrected chi connectivity index (χ2v) is 6.85. The molecule has 1 heterocycles. The van der Waals surface area contributed by atoms with Crippen molar-refractivity contribution >= 4 is 11.9 Å². The first-order chi connectivity index (χ1) is 11.0. The van der Waals surface area contributed by atoms with E-state index in [-0.39, 0.29) is 17.0 Å². The van der Waals surface area contributed by atoms with Gasteiger partial charge in [-0.2, -0.15) is 0 Å². The molecule has 5 heteroatoms. The number of piperidine rings is 1. The zero-order chi connectivity index (χ0) is 16.4. The number of benzene rings is 1. The van der Waals surface area contributed by atoms with Gasteiger partial charge in [-0.25, -0.2) is 9.18 Å². The summed E-state index contributed by atoms with van der Waals surface area (Å²) in [5.74, 6) is -2.28. The Kier molecular flexibility index (Phi) is 4.37. The average molecular weight is 319 g/mol. The number of rotatable bonds is 2. The molecular formula is C18H22FNO3. The molecule has 4 nitrogen and oxygen atoms in total. The van der Waals surface area contributed by atoms with Crippen LogP contribution >= 0.6 is 0 Å². The molecular weight excluding hydrogens is 297 g/mol. The largest absolute Gasteiger partial charge is 0.478 e. The summed E-state index contributed by atoms with van der Waals surface area (Å²) in [4.78, 5) is 25.1. The van der Waals surface area contributed by atoms with E-state index in [4.69, 9.17) is 5.11 Å². The highest BCUT2D eigenvalue weighted by molar-refractivity contribution is 5.96. The first kappa shape index (κ1) is 16.0. The second kappa shape index (κ2) is 6.30. The van der Waals surface area contributed by atoms with Crippen molar-refractivity contribution in [2.75, 3.05) is 13.1 Å². The molecule has 23 heavy (non-hydrogen) atoms. The lowest BCUT2D eigenvalue weighted by Gasteiger charge is -2.44. The Labute approximate surface area is 135 Å². The van der Waals surface area contributed by atoms with Crippen LogP contribution in [0.5, 0.6) is 0 Å². The van der Waals surface area contributed by atoms with E-state index in [1.807, 2.05) is 0 Å². The molecule has 3 rings (SSSR count). The van der Waals surface area contributed by atoms with Crippen molar-refractivity contribution in [3.8, 4) is 0 Å². The predicted octanol–water partition coefficient (Wildman–Crippen LogP) is 3.71. The number of nitrogens with zero attached hydrogens (tertiary/aromatic N) is 1. The highest BCUT2D eigenvalue weighted by Crippen LogP contribution is 2.44. The molecule has 1 aromatic rings. The third-order valence-corrected chi connectivity index (χ3v) is 5.47. The highest BCUT2D eigenvalue weighted by atomic mass is 19.1. The topological polar surface area (TPSA) is 57.6 Å². The molecule has 1 aliphatic heterocycles. The summed E-state index contributed by atoms with van der Waals surface area (Å²) in [6.45, 7) is 1.33. The number of likely N-dealkylation sites (tertiary alicyclic amines) is 1. The van der Waals surface area contributed by atoms with Crippen molar-refractivity contribution in [3.05, 3.63) is 35.1 Å². The van der Waals surface area contributed by atoms with Crippen molar-refractivity contribution in [1.82, 2.24) is 4.90 Å². The molecule has 0 radical (unpaired) electrons. The van der Waals surface area contributed by atoms with Crippen LogP contribution in [0.1, 0.15) is 65.7 Å². The van der Waals surface area contributed by atoms with Crippen LogP contribution in [0.15, 0.2) is 18.2 Å². The standard InChI is InChI=1S/C18H22FNO3/c19-15-12-13(17(22)23)4-5-14(15)16(21)20-10-8-18(9-11-20)6-2-1-3-7-18/h4-5,12H,1-3,6-11H2,(H,22,23). The smallest absolute Gasteiger partial charge is 0.335 e. The number of hydrogen-bond donors (Lipinski definition) is 1. The van der Waals surface area contributed by atoms with Gasteiger partial charge in [-0.05, 0) is 49.3 Å². The molecule has 0 unspecified atom stereocenters. The van der Waals surface area contributed by atoms with Crippen LogP contribution in [-0.4, -0.2) is 35.0 Å². The Balaban J connectivity index is 1.69. The molecule has 1 spiro atoms. The fraction of sp³-hybridized carbons (Fsp3) is 0.556. The third-order valence-electron chi connectivity index (χ3n) is 5.47. The summed E-state index contributed by atoms with van der Waals surface area (Å²) in [7, 11) is 0. The number of carboxylic acid groups (broad SMARTS) is 1. The number of hydrogen-bond acceptors (Lipinski definition) is 2. The maximum absolute atomic E-state index is 14.1. The number of aromatic carboxylic acids is 1. The van der Waals surface area contributed by atoms with Gasteiger partial charge in [-0.3, -0.25) is 4.79 Å². The van der Waals surface area contributed by atoms with Crippen LogP contribution in [0.25, 0.3) is 0 Å². The zero-order valence-corrected chi connectivity index (χ0v) is 13.2. The van der Waals surface area contributed by atoms with Gasteiger partial charge in [0, 0.05) is 13.1 Å². The van der Waals surface area contributed by atoms with Gasteiger partial charge in [-0.1, -0.05) is 19.3 Å². The normalized spacial score (nSPS) is 20.5. The Morgan fingerprint density at radius 1 is 1.04 bits per heavy atom. The van der Waals surface area contributed by atoms with Crippen LogP contribution in [0.3, 0.4) is 0 Å². The molecule has 1 saturated heterocycles. The molecule has 1 aliphatic carbocycles. The SMILES string of the molecule is O=C(O)c1ccc(C(=O)N2CCC3(CCCCC3)CC2)c(F)c1. The van der Waals surface area contributed by atoms with Gasteiger partial charge >= 0.3 is 5.97 Å². The van der Waals surface area contributed by atoms with Gasteiger partial charge in [0.25, 0.3) is 5.91 Å². The summed E-state index contributed by atoms with van der Waals surface area (Å²) >= 11 is 0. The molecule has 2 aliphatic rings. The highest BCUT2D eigenvalue weighted by Gasteiger charge is 2.37. The monoisotopic (exact) mass is 319 g/mol. The number of carboxylic acids is 1. The Bertz CT molecular complexity index is 613. The maximum atomic E-state index is 14.1.